The average Bonchev–Trinajstić information content (AvgIpc) is 2.76. The summed E-state index contributed by atoms with van der Waals surface area (Å²) in [5.74, 6) is 1.22. The molecule has 2 rings (SSSR count). The van der Waals surface area contributed by atoms with Crippen molar-refractivity contribution in [1.82, 2.24) is 5.32 Å². The lowest BCUT2D eigenvalue weighted by Crippen LogP contribution is -2.35. The van der Waals surface area contributed by atoms with E-state index in [9.17, 15) is 4.21 Å². The van der Waals surface area contributed by atoms with Gasteiger partial charge in [-0.1, -0.05) is 43.2 Å². The summed E-state index contributed by atoms with van der Waals surface area (Å²) < 4.78 is 12.8. The van der Waals surface area contributed by atoms with E-state index in [2.05, 4.69) is 51.2 Å². The fourth-order valence-electron chi connectivity index (χ4n) is 3.54. The zero-order chi connectivity index (χ0) is 15.4. The lowest BCUT2D eigenvalue weighted by Gasteiger charge is -2.21. The van der Waals surface area contributed by atoms with Crippen LogP contribution in [0.4, 0.5) is 0 Å². The maximum absolute atomic E-state index is 12.8. The molecule has 0 heterocycles. The Kier molecular flexibility index (Phi) is 6.00. The molecule has 2 nitrogen and oxygen atoms in total. The van der Waals surface area contributed by atoms with Gasteiger partial charge in [0.15, 0.2) is 0 Å². The number of hydrogen-bond donors (Lipinski definition) is 1. The van der Waals surface area contributed by atoms with Crippen LogP contribution in [0.1, 0.15) is 49.8 Å². The second-order valence-corrected chi connectivity index (χ2v) is 8.21. The molecule has 4 atom stereocenters. The van der Waals surface area contributed by atoms with Crippen molar-refractivity contribution in [2.45, 2.75) is 64.0 Å². The third kappa shape index (κ3) is 4.40. The molecule has 0 spiro atoms. The molecule has 1 aromatic rings. The summed E-state index contributed by atoms with van der Waals surface area (Å²) in [5.41, 5.74) is 3.76. The first-order chi connectivity index (χ1) is 10.0. The van der Waals surface area contributed by atoms with Crippen molar-refractivity contribution in [1.29, 1.82) is 0 Å². The molecule has 118 valence electrons. The summed E-state index contributed by atoms with van der Waals surface area (Å²) in [5, 5.41) is 3.96. The van der Waals surface area contributed by atoms with E-state index in [4.69, 9.17) is 0 Å². The number of hydrogen-bond acceptors (Lipinski definition) is 2. The van der Waals surface area contributed by atoms with Gasteiger partial charge in [-0.3, -0.25) is 4.21 Å². The molecule has 1 aliphatic carbocycles. The van der Waals surface area contributed by atoms with Crippen LogP contribution in [-0.4, -0.2) is 22.0 Å². The Morgan fingerprint density at radius 2 is 1.86 bits per heavy atom. The molecule has 1 fully saturated rings. The van der Waals surface area contributed by atoms with Gasteiger partial charge in [0, 0.05) is 27.8 Å². The zero-order valence-electron chi connectivity index (χ0n) is 13.8. The molecule has 4 unspecified atom stereocenters. The van der Waals surface area contributed by atoms with Crippen LogP contribution in [0.3, 0.4) is 0 Å². The van der Waals surface area contributed by atoms with Gasteiger partial charge in [0.1, 0.15) is 0 Å². The first kappa shape index (κ1) is 16.7. The van der Waals surface area contributed by atoms with Crippen molar-refractivity contribution in [2.75, 3.05) is 6.54 Å². The first-order valence-corrected chi connectivity index (χ1v) is 9.57. The molecule has 1 aliphatic rings. The highest BCUT2D eigenvalue weighted by atomic mass is 32.2. The summed E-state index contributed by atoms with van der Waals surface area (Å²) in [4.78, 5) is 0. The zero-order valence-corrected chi connectivity index (χ0v) is 14.6. The van der Waals surface area contributed by atoms with Crippen molar-refractivity contribution in [3.8, 4) is 0 Å². The maximum Gasteiger partial charge on any atom is 0.0488 e. The highest BCUT2D eigenvalue weighted by molar-refractivity contribution is 7.84. The summed E-state index contributed by atoms with van der Waals surface area (Å²) in [6.07, 6.45) is 3.43. The smallest absolute Gasteiger partial charge is 0.0488 e. The topological polar surface area (TPSA) is 29.1 Å². The van der Waals surface area contributed by atoms with E-state index in [-0.39, 0.29) is 0 Å². The van der Waals surface area contributed by atoms with Gasteiger partial charge in [-0.05, 0) is 51.1 Å². The molecule has 0 radical (unpaired) electrons. The first-order valence-electron chi connectivity index (χ1n) is 8.19. The van der Waals surface area contributed by atoms with Crippen LogP contribution < -0.4 is 5.32 Å². The van der Waals surface area contributed by atoms with Gasteiger partial charge in [0.05, 0.1) is 0 Å². The Morgan fingerprint density at radius 3 is 2.48 bits per heavy atom. The van der Waals surface area contributed by atoms with Gasteiger partial charge < -0.3 is 5.32 Å². The fourth-order valence-corrected chi connectivity index (χ4v) is 5.32. The molecule has 1 saturated carbocycles. The molecule has 3 heteroatoms. The average molecular weight is 308 g/mol. The maximum atomic E-state index is 12.8. The molecule has 0 aliphatic heterocycles. The van der Waals surface area contributed by atoms with Crippen molar-refractivity contribution in [3.05, 3.63) is 34.9 Å². The van der Waals surface area contributed by atoms with Crippen molar-refractivity contribution in [3.63, 3.8) is 0 Å². The van der Waals surface area contributed by atoms with Gasteiger partial charge >= 0.3 is 0 Å². The molecule has 0 bridgehead atoms. The fraction of sp³-hybridized carbons (Fsp3) is 0.667. The van der Waals surface area contributed by atoms with E-state index < -0.39 is 10.8 Å². The Bertz CT molecular complexity index is 480. The number of aryl methyl sites for hydroxylation is 2. The van der Waals surface area contributed by atoms with Crippen LogP contribution in [0.2, 0.25) is 0 Å². The molecule has 0 saturated heterocycles. The molecule has 1 aromatic carbocycles. The van der Waals surface area contributed by atoms with E-state index in [1.807, 2.05) is 0 Å². The summed E-state index contributed by atoms with van der Waals surface area (Å²) in [6.45, 7) is 9.77. The Hall–Kier alpha value is -0.670. The van der Waals surface area contributed by atoms with E-state index >= 15 is 0 Å². The van der Waals surface area contributed by atoms with Crippen LogP contribution in [-0.2, 0) is 16.6 Å². The third-order valence-corrected chi connectivity index (χ3v) is 6.53. The van der Waals surface area contributed by atoms with Crippen molar-refractivity contribution < 1.29 is 4.21 Å². The van der Waals surface area contributed by atoms with Crippen LogP contribution in [0.15, 0.2) is 18.2 Å². The molecular weight excluding hydrogens is 278 g/mol. The number of benzene rings is 1. The normalized spacial score (nSPS) is 27.0. The Balaban J connectivity index is 1.97. The second kappa shape index (κ2) is 7.55. The Labute approximate surface area is 132 Å². The molecule has 0 aromatic heterocycles. The SMILES string of the molecule is CCCNC1CCC(S(=O)Cc2cc(C)cc(C)c2)C1C. The van der Waals surface area contributed by atoms with Gasteiger partial charge in [-0.15, -0.1) is 0 Å². The lowest BCUT2D eigenvalue weighted by atomic mass is 10.1. The lowest BCUT2D eigenvalue weighted by molar-refractivity contribution is 0.429. The van der Waals surface area contributed by atoms with Crippen LogP contribution in [0, 0.1) is 19.8 Å². The summed E-state index contributed by atoms with van der Waals surface area (Å²) in [7, 11) is -0.759. The van der Waals surface area contributed by atoms with Crippen LogP contribution in [0.5, 0.6) is 0 Å². The van der Waals surface area contributed by atoms with Crippen LogP contribution >= 0.6 is 0 Å². The van der Waals surface area contributed by atoms with E-state index in [1.54, 1.807) is 0 Å². The second-order valence-electron chi connectivity index (χ2n) is 6.56. The minimum Gasteiger partial charge on any atom is -0.314 e. The minimum atomic E-state index is -0.759. The van der Waals surface area contributed by atoms with Crippen molar-refractivity contribution in [2.24, 2.45) is 5.92 Å². The molecular formula is C18H29NOS. The predicted octanol–water partition coefficient (Wildman–Crippen LogP) is 3.72. The van der Waals surface area contributed by atoms with Gasteiger partial charge in [0.2, 0.25) is 0 Å². The molecule has 0 amide bonds. The molecule has 21 heavy (non-hydrogen) atoms. The summed E-state index contributed by atoms with van der Waals surface area (Å²) >= 11 is 0. The van der Waals surface area contributed by atoms with Gasteiger partial charge in [-0.2, -0.15) is 0 Å². The monoisotopic (exact) mass is 307 g/mol. The minimum absolute atomic E-state index is 0.347. The summed E-state index contributed by atoms with van der Waals surface area (Å²) in [6, 6.07) is 7.09. The van der Waals surface area contributed by atoms with E-state index in [0.717, 1.165) is 13.0 Å². The van der Waals surface area contributed by atoms with E-state index in [0.29, 0.717) is 23.0 Å². The number of nitrogens with one attached hydrogen (secondary N) is 1. The molecule has 1 N–H and O–H groups in total. The predicted molar refractivity (Wildman–Crippen MR) is 92.0 cm³/mol. The van der Waals surface area contributed by atoms with Crippen LogP contribution in [0.25, 0.3) is 0 Å². The van der Waals surface area contributed by atoms with Crippen molar-refractivity contribution >= 4 is 10.8 Å². The highest BCUT2D eigenvalue weighted by Gasteiger charge is 2.35. The third-order valence-electron chi connectivity index (χ3n) is 4.57. The quantitative estimate of drug-likeness (QED) is 0.868. The Morgan fingerprint density at radius 1 is 1.19 bits per heavy atom. The van der Waals surface area contributed by atoms with Gasteiger partial charge in [0.25, 0.3) is 0 Å². The van der Waals surface area contributed by atoms with E-state index in [1.165, 1.54) is 29.5 Å². The largest absolute Gasteiger partial charge is 0.314 e. The highest BCUT2D eigenvalue weighted by Crippen LogP contribution is 2.31. The number of rotatable bonds is 6. The van der Waals surface area contributed by atoms with Gasteiger partial charge in [-0.25, -0.2) is 0 Å². The standard InChI is InChI=1S/C18H29NOS/c1-5-8-19-17-6-7-18(15(17)4)21(20)12-16-10-13(2)9-14(3)11-16/h9-11,15,17-19H,5-8,12H2,1-4H3.